The molecule has 0 aromatic carbocycles. The maximum Gasteiger partial charge on any atom is -0.00801 e. The summed E-state index contributed by atoms with van der Waals surface area (Å²) >= 11 is 0. The van der Waals surface area contributed by atoms with E-state index >= 15 is 0 Å². The molecule has 0 saturated heterocycles. The van der Waals surface area contributed by atoms with Gasteiger partial charge in [-0.15, -0.1) is 0 Å². The SMILES string of the molecule is CC(C)=CCCC(C)C1CCC2(C)C3CCC4C(C)(C)CCCC4(C)C3=CCC12C. The summed E-state index contributed by atoms with van der Waals surface area (Å²) in [5.41, 5.74) is 5.42. The molecule has 170 valence electrons. The Kier molecular flexibility index (Phi) is 5.68. The highest BCUT2D eigenvalue weighted by Crippen LogP contribution is 2.73. The largest absolute Gasteiger partial charge is 0.0859 e. The van der Waals surface area contributed by atoms with Gasteiger partial charge in [0.2, 0.25) is 0 Å². The number of hydrogen-bond acceptors (Lipinski definition) is 0. The molecule has 4 rings (SSSR count). The molecule has 4 aliphatic carbocycles. The average Bonchev–Trinajstić information content (AvgIpc) is 2.92. The molecule has 0 N–H and O–H groups in total. The van der Waals surface area contributed by atoms with E-state index in [1.54, 1.807) is 0 Å². The molecule has 0 bridgehead atoms. The van der Waals surface area contributed by atoms with Crippen LogP contribution < -0.4 is 0 Å². The minimum Gasteiger partial charge on any atom is -0.0859 e. The Hall–Kier alpha value is -0.520. The monoisotopic (exact) mass is 410 g/mol. The van der Waals surface area contributed by atoms with Gasteiger partial charge < -0.3 is 0 Å². The normalized spacial score (nSPS) is 45.6. The first-order valence-electron chi connectivity index (χ1n) is 13.3. The van der Waals surface area contributed by atoms with E-state index in [1.165, 1.54) is 69.8 Å². The molecule has 3 fully saturated rings. The molecule has 7 unspecified atom stereocenters. The maximum absolute atomic E-state index is 2.82. The van der Waals surface area contributed by atoms with E-state index in [-0.39, 0.29) is 0 Å². The second kappa shape index (κ2) is 7.52. The van der Waals surface area contributed by atoms with Gasteiger partial charge in [-0.2, -0.15) is 0 Å². The van der Waals surface area contributed by atoms with Crippen molar-refractivity contribution < 1.29 is 0 Å². The van der Waals surface area contributed by atoms with Gasteiger partial charge in [0, 0.05) is 0 Å². The lowest BCUT2D eigenvalue weighted by molar-refractivity contribution is -0.0700. The van der Waals surface area contributed by atoms with Crippen LogP contribution in [0.1, 0.15) is 120 Å². The summed E-state index contributed by atoms with van der Waals surface area (Å²) in [7, 11) is 0. The lowest BCUT2D eigenvalue weighted by atomic mass is 9.41. The van der Waals surface area contributed by atoms with E-state index in [4.69, 9.17) is 0 Å². The standard InChI is InChI=1S/C30H50/c1-21(2)11-9-12-22(3)23-15-19-30(8)25-13-14-26-27(4,5)17-10-18-28(26,6)24(25)16-20-29(23,30)7/h11,16,22-23,25-26H,9-10,12-15,17-20H2,1-8H3. The number of fused-ring (bicyclic) bond motifs is 5. The van der Waals surface area contributed by atoms with Crippen molar-refractivity contribution in [1.82, 2.24) is 0 Å². The molecule has 0 heterocycles. The molecule has 0 amide bonds. The topological polar surface area (TPSA) is 0 Å². The van der Waals surface area contributed by atoms with Crippen LogP contribution in [0.15, 0.2) is 23.3 Å². The lowest BCUT2D eigenvalue weighted by Gasteiger charge is -2.63. The quantitative estimate of drug-likeness (QED) is 0.405. The first-order chi connectivity index (χ1) is 14.0. The summed E-state index contributed by atoms with van der Waals surface area (Å²) < 4.78 is 0. The van der Waals surface area contributed by atoms with Gasteiger partial charge >= 0.3 is 0 Å². The third-order valence-corrected chi connectivity index (χ3v) is 11.5. The van der Waals surface area contributed by atoms with Gasteiger partial charge in [-0.05, 0) is 117 Å². The molecular weight excluding hydrogens is 360 g/mol. The van der Waals surface area contributed by atoms with E-state index in [9.17, 15) is 0 Å². The average molecular weight is 411 g/mol. The first-order valence-corrected chi connectivity index (χ1v) is 13.3. The molecule has 0 aromatic rings. The molecule has 7 atom stereocenters. The fraction of sp³-hybridized carbons (Fsp3) is 0.867. The Morgan fingerprint density at radius 3 is 2.43 bits per heavy atom. The molecular formula is C30H50. The zero-order valence-corrected chi connectivity index (χ0v) is 21.5. The van der Waals surface area contributed by atoms with E-state index in [0.717, 1.165) is 23.7 Å². The highest BCUT2D eigenvalue weighted by atomic mass is 14.7. The molecule has 0 spiro atoms. The molecule has 0 heteroatoms. The summed E-state index contributed by atoms with van der Waals surface area (Å²) in [6.45, 7) is 20.3. The summed E-state index contributed by atoms with van der Waals surface area (Å²) in [5, 5.41) is 0. The molecule has 3 saturated carbocycles. The van der Waals surface area contributed by atoms with Crippen LogP contribution in [0.4, 0.5) is 0 Å². The van der Waals surface area contributed by atoms with Crippen LogP contribution in [-0.2, 0) is 0 Å². The second-order valence-electron chi connectivity index (χ2n) is 13.6. The third-order valence-electron chi connectivity index (χ3n) is 11.5. The van der Waals surface area contributed by atoms with Crippen molar-refractivity contribution in [2.75, 3.05) is 0 Å². The molecule has 0 radical (unpaired) electrons. The fourth-order valence-corrected chi connectivity index (χ4v) is 9.61. The fourth-order valence-electron chi connectivity index (χ4n) is 9.61. The smallest absolute Gasteiger partial charge is 0.00801 e. The Morgan fingerprint density at radius 2 is 1.73 bits per heavy atom. The predicted molar refractivity (Wildman–Crippen MR) is 131 cm³/mol. The summed E-state index contributed by atoms with van der Waals surface area (Å²) in [6, 6.07) is 0. The van der Waals surface area contributed by atoms with Crippen LogP contribution in [0.5, 0.6) is 0 Å². The number of rotatable bonds is 4. The van der Waals surface area contributed by atoms with Crippen molar-refractivity contribution in [3.63, 3.8) is 0 Å². The first kappa shape index (κ1) is 22.7. The molecule has 30 heavy (non-hydrogen) atoms. The van der Waals surface area contributed by atoms with Crippen LogP contribution in [0.2, 0.25) is 0 Å². The van der Waals surface area contributed by atoms with E-state index < -0.39 is 0 Å². The van der Waals surface area contributed by atoms with Crippen molar-refractivity contribution in [3.8, 4) is 0 Å². The minimum atomic E-state index is 0.474. The molecule has 0 aliphatic heterocycles. The van der Waals surface area contributed by atoms with Gasteiger partial charge in [-0.25, -0.2) is 0 Å². The Bertz CT molecular complexity index is 718. The highest BCUT2D eigenvalue weighted by Gasteiger charge is 2.64. The van der Waals surface area contributed by atoms with Gasteiger partial charge in [-0.3, -0.25) is 0 Å². The second-order valence-corrected chi connectivity index (χ2v) is 13.6. The van der Waals surface area contributed by atoms with Crippen LogP contribution >= 0.6 is 0 Å². The van der Waals surface area contributed by atoms with Gasteiger partial charge in [0.1, 0.15) is 0 Å². The number of allylic oxidation sites excluding steroid dienone is 4. The maximum atomic E-state index is 2.82. The lowest BCUT2D eigenvalue weighted by Crippen LogP contribution is -2.55. The van der Waals surface area contributed by atoms with E-state index in [2.05, 4.69) is 67.5 Å². The van der Waals surface area contributed by atoms with Crippen LogP contribution in [-0.4, -0.2) is 0 Å². The van der Waals surface area contributed by atoms with Crippen molar-refractivity contribution in [2.45, 2.75) is 120 Å². The van der Waals surface area contributed by atoms with Crippen LogP contribution in [0.3, 0.4) is 0 Å². The van der Waals surface area contributed by atoms with Gasteiger partial charge in [0.05, 0.1) is 0 Å². The Morgan fingerprint density at radius 1 is 1.00 bits per heavy atom. The summed E-state index contributed by atoms with van der Waals surface area (Å²) in [4.78, 5) is 0. The predicted octanol–water partition coefficient (Wildman–Crippen LogP) is 9.36. The van der Waals surface area contributed by atoms with E-state index in [0.29, 0.717) is 21.7 Å². The minimum absolute atomic E-state index is 0.474. The zero-order chi connectivity index (χ0) is 21.9. The van der Waals surface area contributed by atoms with Crippen LogP contribution in [0, 0.1) is 45.3 Å². The van der Waals surface area contributed by atoms with Crippen molar-refractivity contribution in [2.24, 2.45) is 45.3 Å². The number of hydrogen-bond donors (Lipinski definition) is 0. The van der Waals surface area contributed by atoms with Crippen LogP contribution in [0.25, 0.3) is 0 Å². The Balaban J connectivity index is 1.62. The third kappa shape index (κ3) is 3.21. The van der Waals surface area contributed by atoms with Gasteiger partial charge in [-0.1, -0.05) is 71.3 Å². The molecule has 0 nitrogen and oxygen atoms in total. The summed E-state index contributed by atoms with van der Waals surface area (Å²) in [5.74, 6) is 3.50. The van der Waals surface area contributed by atoms with Gasteiger partial charge in [0.15, 0.2) is 0 Å². The van der Waals surface area contributed by atoms with Crippen molar-refractivity contribution >= 4 is 0 Å². The van der Waals surface area contributed by atoms with Crippen molar-refractivity contribution in [3.05, 3.63) is 23.3 Å². The summed E-state index contributed by atoms with van der Waals surface area (Å²) in [6.07, 6.45) is 19.4. The molecule has 4 aliphatic rings. The molecule has 0 aromatic heterocycles. The highest BCUT2D eigenvalue weighted by molar-refractivity contribution is 5.32. The van der Waals surface area contributed by atoms with E-state index in [1.807, 2.05) is 5.57 Å². The van der Waals surface area contributed by atoms with Crippen molar-refractivity contribution in [1.29, 1.82) is 0 Å². The van der Waals surface area contributed by atoms with Gasteiger partial charge in [0.25, 0.3) is 0 Å². The Labute approximate surface area is 188 Å². The zero-order valence-electron chi connectivity index (χ0n) is 21.5.